The van der Waals surface area contributed by atoms with Crippen molar-refractivity contribution in [2.75, 3.05) is 24.6 Å². The minimum atomic E-state index is -0.438. The number of nitrogens with two attached hydrogens (primary N) is 1. The second-order valence-electron chi connectivity index (χ2n) is 4.98. The maximum atomic E-state index is 11.3. The monoisotopic (exact) mass is 283 g/mol. The Balaban J connectivity index is 1.80. The molecule has 5 nitrogen and oxygen atoms in total. The molecule has 1 aromatic carbocycles. The zero-order valence-corrected chi connectivity index (χ0v) is 11.6. The third kappa shape index (κ3) is 3.03. The van der Waals surface area contributed by atoms with Crippen LogP contribution in [0.1, 0.15) is 22.0 Å². The van der Waals surface area contributed by atoms with Crippen molar-refractivity contribution >= 4 is 11.7 Å². The van der Waals surface area contributed by atoms with Gasteiger partial charge in [0.05, 0.1) is 6.61 Å². The smallest absolute Gasteiger partial charge is 0.248 e. The van der Waals surface area contributed by atoms with Gasteiger partial charge in [0.2, 0.25) is 5.91 Å². The SMILES string of the molecule is NC(=O)c1ccnc(N2CCO[C@H](c3ccccc3)C2)c1. The summed E-state index contributed by atoms with van der Waals surface area (Å²) in [6.07, 6.45) is 1.63. The quantitative estimate of drug-likeness (QED) is 0.932. The molecule has 0 radical (unpaired) electrons. The molecule has 108 valence electrons. The summed E-state index contributed by atoms with van der Waals surface area (Å²) >= 11 is 0. The van der Waals surface area contributed by atoms with Gasteiger partial charge in [-0.25, -0.2) is 4.98 Å². The van der Waals surface area contributed by atoms with Gasteiger partial charge in [0, 0.05) is 24.8 Å². The van der Waals surface area contributed by atoms with E-state index in [0.29, 0.717) is 18.7 Å². The van der Waals surface area contributed by atoms with Gasteiger partial charge < -0.3 is 15.4 Å². The molecule has 0 bridgehead atoms. The summed E-state index contributed by atoms with van der Waals surface area (Å²) in [5, 5.41) is 0. The second-order valence-corrected chi connectivity index (χ2v) is 4.98. The summed E-state index contributed by atoms with van der Waals surface area (Å²) in [4.78, 5) is 17.7. The average Bonchev–Trinajstić information content (AvgIpc) is 2.56. The van der Waals surface area contributed by atoms with Crippen LogP contribution in [0.15, 0.2) is 48.7 Å². The Morgan fingerprint density at radius 1 is 1.29 bits per heavy atom. The van der Waals surface area contributed by atoms with E-state index in [1.807, 2.05) is 18.2 Å². The van der Waals surface area contributed by atoms with Crippen molar-refractivity contribution in [2.45, 2.75) is 6.10 Å². The Labute approximate surface area is 123 Å². The highest BCUT2D eigenvalue weighted by atomic mass is 16.5. The standard InChI is InChI=1S/C16H17N3O2/c17-16(20)13-6-7-18-15(10-13)19-8-9-21-14(11-19)12-4-2-1-3-5-12/h1-7,10,14H,8-9,11H2,(H2,17,20)/t14-/m0/s1. The molecule has 1 saturated heterocycles. The Morgan fingerprint density at radius 3 is 2.86 bits per heavy atom. The molecule has 0 saturated carbocycles. The van der Waals surface area contributed by atoms with E-state index in [2.05, 4.69) is 22.0 Å². The molecule has 1 aliphatic rings. The van der Waals surface area contributed by atoms with Crippen LogP contribution in [0.3, 0.4) is 0 Å². The molecule has 0 unspecified atom stereocenters. The van der Waals surface area contributed by atoms with Crippen LogP contribution >= 0.6 is 0 Å². The number of anilines is 1. The predicted octanol–water partition coefficient (Wildman–Crippen LogP) is 1.76. The van der Waals surface area contributed by atoms with Gasteiger partial charge in [-0.15, -0.1) is 0 Å². The van der Waals surface area contributed by atoms with Crippen LogP contribution in [0.4, 0.5) is 5.82 Å². The summed E-state index contributed by atoms with van der Waals surface area (Å²) in [6.45, 7) is 2.08. The van der Waals surface area contributed by atoms with E-state index < -0.39 is 5.91 Å². The molecule has 0 spiro atoms. The summed E-state index contributed by atoms with van der Waals surface area (Å²) < 4.78 is 5.83. The number of nitrogens with zero attached hydrogens (tertiary/aromatic N) is 2. The summed E-state index contributed by atoms with van der Waals surface area (Å²) in [6, 6.07) is 13.5. The largest absolute Gasteiger partial charge is 0.370 e. The van der Waals surface area contributed by atoms with Crippen LogP contribution < -0.4 is 10.6 Å². The molecule has 1 fully saturated rings. The number of carbonyl (C=O) groups is 1. The minimum absolute atomic E-state index is 0.0129. The van der Waals surface area contributed by atoms with Crippen LogP contribution in [0.25, 0.3) is 0 Å². The van der Waals surface area contributed by atoms with Gasteiger partial charge in [0.25, 0.3) is 0 Å². The van der Waals surface area contributed by atoms with Gasteiger partial charge in [0.1, 0.15) is 11.9 Å². The lowest BCUT2D eigenvalue weighted by molar-refractivity contribution is 0.0395. The molecule has 2 heterocycles. The van der Waals surface area contributed by atoms with E-state index >= 15 is 0 Å². The second kappa shape index (κ2) is 5.93. The van der Waals surface area contributed by atoms with Crippen LogP contribution in [0.5, 0.6) is 0 Å². The molecular formula is C16H17N3O2. The Kier molecular flexibility index (Phi) is 3.83. The first-order valence-corrected chi connectivity index (χ1v) is 6.91. The zero-order valence-electron chi connectivity index (χ0n) is 11.6. The minimum Gasteiger partial charge on any atom is -0.370 e. The van der Waals surface area contributed by atoms with Crippen molar-refractivity contribution in [2.24, 2.45) is 5.73 Å². The fourth-order valence-electron chi connectivity index (χ4n) is 2.47. The van der Waals surface area contributed by atoms with Crippen molar-refractivity contribution in [3.63, 3.8) is 0 Å². The lowest BCUT2D eigenvalue weighted by Crippen LogP contribution is -2.39. The molecule has 2 N–H and O–H groups in total. The number of pyridine rings is 1. The summed E-state index contributed by atoms with van der Waals surface area (Å²) in [5.41, 5.74) is 6.94. The highest BCUT2D eigenvalue weighted by Gasteiger charge is 2.23. The lowest BCUT2D eigenvalue weighted by atomic mass is 10.1. The first-order valence-electron chi connectivity index (χ1n) is 6.91. The van der Waals surface area contributed by atoms with Crippen LogP contribution in [-0.2, 0) is 4.74 Å². The third-order valence-electron chi connectivity index (χ3n) is 3.59. The highest BCUT2D eigenvalue weighted by Crippen LogP contribution is 2.25. The number of benzene rings is 1. The molecule has 0 aliphatic carbocycles. The van der Waals surface area contributed by atoms with Gasteiger partial charge in [0.15, 0.2) is 0 Å². The maximum absolute atomic E-state index is 11.3. The maximum Gasteiger partial charge on any atom is 0.248 e. The van der Waals surface area contributed by atoms with Gasteiger partial charge in [-0.1, -0.05) is 30.3 Å². The first-order chi connectivity index (χ1) is 10.2. The Bertz CT molecular complexity index is 630. The fourth-order valence-corrected chi connectivity index (χ4v) is 2.47. The zero-order chi connectivity index (χ0) is 14.7. The van der Waals surface area contributed by atoms with Gasteiger partial charge in [-0.05, 0) is 17.7 Å². The molecule has 1 aromatic heterocycles. The topological polar surface area (TPSA) is 68.5 Å². The molecule has 3 rings (SSSR count). The van der Waals surface area contributed by atoms with Crippen LogP contribution in [0, 0.1) is 0 Å². The third-order valence-corrected chi connectivity index (χ3v) is 3.59. The lowest BCUT2D eigenvalue weighted by Gasteiger charge is -2.34. The van der Waals surface area contributed by atoms with Crippen LogP contribution in [0.2, 0.25) is 0 Å². The van der Waals surface area contributed by atoms with E-state index in [-0.39, 0.29) is 6.10 Å². The van der Waals surface area contributed by atoms with Crippen LogP contribution in [-0.4, -0.2) is 30.6 Å². The van der Waals surface area contributed by atoms with Crippen molar-refractivity contribution in [3.05, 3.63) is 59.8 Å². The molecule has 1 amide bonds. The van der Waals surface area contributed by atoms with E-state index in [1.165, 1.54) is 0 Å². The van der Waals surface area contributed by atoms with Crippen molar-refractivity contribution in [3.8, 4) is 0 Å². The first kappa shape index (κ1) is 13.6. The number of hydrogen-bond donors (Lipinski definition) is 1. The number of ether oxygens (including phenoxy) is 1. The number of hydrogen-bond acceptors (Lipinski definition) is 4. The number of amides is 1. The fraction of sp³-hybridized carbons (Fsp3) is 0.250. The average molecular weight is 283 g/mol. The van der Waals surface area contributed by atoms with E-state index in [4.69, 9.17) is 10.5 Å². The highest BCUT2D eigenvalue weighted by molar-refractivity contribution is 5.93. The normalized spacial score (nSPS) is 18.5. The van der Waals surface area contributed by atoms with Gasteiger partial charge >= 0.3 is 0 Å². The predicted molar refractivity (Wildman–Crippen MR) is 80.1 cm³/mol. The van der Waals surface area contributed by atoms with E-state index in [0.717, 1.165) is 17.9 Å². The number of rotatable bonds is 3. The number of carbonyl (C=O) groups excluding carboxylic acids is 1. The van der Waals surface area contributed by atoms with Gasteiger partial charge in [-0.2, -0.15) is 0 Å². The van der Waals surface area contributed by atoms with Gasteiger partial charge in [-0.3, -0.25) is 4.79 Å². The number of morpholine rings is 1. The summed E-state index contributed by atoms with van der Waals surface area (Å²) in [5.74, 6) is 0.321. The summed E-state index contributed by atoms with van der Waals surface area (Å²) in [7, 11) is 0. The van der Waals surface area contributed by atoms with E-state index in [1.54, 1.807) is 18.3 Å². The molecule has 1 aliphatic heterocycles. The number of primary amides is 1. The van der Waals surface area contributed by atoms with Crippen molar-refractivity contribution in [1.82, 2.24) is 4.98 Å². The molecular weight excluding hydrogens is 266 g/mol. The Morgan fingerprint density at radius 2 is 2.10 bits per heavy atom. The Hall–Kier alpha value is -2.40. The number of aromatic nitrogens is 1. The molecule has 5 heteroatoms. The van der Waals surface area contributed by atoms with Crippen molar-refractivity contribution < 1.29 is 9.53 Å². The molecule has 2 aromatic rings. The van der Waals surface area contributed by atoms with Crippen molar-refractivity contribution in [1.29, 1.82) is 0 Å². The van der Waals surface area contributed by atoms with E-state index in [9.17, 15) is 4.79 Å². The molecule has 21 heavy (non-hydrogen) atoms. The molecule has 1 atom stereocenters.